The van der Waals surface area contributed by atoms with Crippen molar-refractivity contribution in [3.8, 4) is 22.8 Å². The summed E-state index contributed by atoms with van der Waals surface area (Å²) in [4.78, 5) is 28.6. The van der Waals surface area contributed by atoms with E-state index in [2.05, 4.69) is 10.3 Å². The molecule has 142 valence electrons. The van der Waals surface area contributed by atoms with E-state index in [1.807, 2.05) is 0 Å². The number of ether oxygens (including phenoxy) is 2. The molecule has 2 aromatic carbocycles. The molecule has 1 aliphatic rings. The van der Waals surface area contributed by atoms with Crippen molar-refractivity contribution in [1.29, 1.82) is 0 Å². The van der Waals surface area contributed by atoms with Crippen molar-refractivity contribution in [3.05, 3.63) is 70.8 Å². The Bertz CT molecular complexity index is 1130. The number of benzene rings is 2. The summed E-state index contributed by atoms with van der Waals surface area (Å²) in [5.74, 6) is -1.49. The van der Waals surface area contributed by atoms with Gasteiger partial charge in [-0.2, -0.15) is 0 Å². The summed E-state index contributed by atoms with van der Waals surface area (Å²) in [6.07, 6.45) is 1.24. The highest BCUT2D eigenvalue weighted by Crippen LogP contribution is 2.35. The molecule has 0 unspecified atom stereocenters. The van der Waals surface area contributed by atoms with E-state index in [9.17, 15) is 18.4 Å². The molecule has 0 spiro atoms. The van der Waals surface area contributed by atoms with E-state index in [0.29, 0.717) is 22.8 Å². The number of anilines is 1. The smallest absolute Gasteiger partial charge is 0.254 e. The van der Waals surface area contributed by atoms with Crippen molar-refractivity contribution in [3.63, 3.8) is 0 Å². The molecule has 4 rings (SSSR count). The molecular formula is C19H13F2N3O4. The molecule has 0 fully saturated rings. The van der Waals surface area contributed by atoms with Crippen LogP contribution in [0, 0.1) is 11.6 Å². The lowest BCUT2D eigenvalue weighted by Gasteiger charge is -2.08. The van der Waals surface area contributed by atoms with E-state index in [1.165, 1.54) is 18.5 Å². The van der Waals surface area contributed by atoms with Crippen LogP contribution in [0.3, 0.4) is 0 Å². The number of halogens is 2. The monoisotopic (exact) mass is 385 g/mol. The second-order valence-electron chi connectivity index (χ2n) is 5.99. The third-order valence-electron chi connectivity index (χ3n) is 4.07. The van der Waals surface area contributed by atoms with Gasteiger partial charge in [-0.1, -0.05) is 0 Å². The number of hydrogen-bond donors (Lipinski definition) is 1. The molecule has 0 radical (unpaired) electrons. The highest BCUT2D eigenvalue weighted by atomic mass is 19.2. The largest absolute Gasteiger partial charge is 0.454 e. The van der Waals surface area contributed by atoms with Gasteiger partial charge < -0.3 is 14.8 Å². The van der Waals surface area contributed by atoms with Gasteiger partial charge in [-0.15, -0.1) is 0 Å². The van der Waals surface area contributed by atoms with Gasteiger partial charge in [-0.3, -0.25) is 14.2 Å². The summed E-state index contributed by atoms with van der Waals surface area (Å²) in [7, 11) is 0. The summed E-state index contributed by atoms with van der Waals surface area (Å²) >= 11 is 0. The van der Waals surface area contributed by atoms with Crippen LogP contribution in [0.1, 0.15) is 0 Å². The zero-order valence-corrected chi connectivity index (χ0v) is 14.3. The van der Waals surface area contributed by atoms with Gasteiger partial charge in [0.1, 0.15) is 6.54 Å². The fourth-order valence-corrected chi connectivity index (χ4v) is 2.69. The minimum atomic E-state index is -1.08. The summed E-state index contributed by atoms with van der Waals surface area (Å²) < 4.78 is 37.8. The Kier molecular flexibility index (Phi) is 4.48. The van der Waals surface area contributed by atoms with E-state index in [-0.39, 0.29) is 19.0 Å². The van der Waals surface area contributed by atoms with Crippen molar-refractivity contribution in [2.24, 2.45) is 0 Å². The fraction of sp³-hybridized carbons (Fsp3) is 0.105. The quantitative estimate of drug-likeness (QED) is 0.747. The second kappa shape index (κ2) is 7.10. The summed E-state index contributed by atoms with van der Waals surface area (Å²) in [6, 6.07) is 9.46. The molecule has 9 heteroatoms. The Morgan fingerprint density at radius 2 is 1.89 bits per heavy atom. The van der Waals surface area contributed by atoms with Crippen molar-refractivity contribution < 1.29 is 23.0 Å². The van der Waals surface area contributed by atoms with E-state index in [0.717, 1.165) is 16.7 Å². The number of nitrogens with zero attached hydrogens (tertiary/aromatic N) is 2. The molecule has 0 atom stereocenters. The maximum atomic E-state index is 13.2. The molecule has 1 N–H and O–H groups in total. The first-order valence-electron chi connectivity index (χ1n) is 8.21. The number of carbonyl (C=O) groups is 1. The number of fused-ring (bicyclic) bond motifs is 1. The van der Waals surface area contributed by atoms with E-state index < -0.39 is 23.1 Å². The van der Waals surface area contributed by atoms with E-state index in [4.69, 9.17) is 9.47 Å². The average molecular weight is 385 g/mol. The van der Waals surface area contributed by atoms with E-state index in [1.54, 1.807) is 18.2 Å². The molecule has 1 amide bonds. The molecule has 2 heterocycles. The first kappa shape index (κ1) is 17.7. The number of carbonyl (C=O) groups excluding carboxylic acids is 1. The highest BCUT2D eigenvalue weighted by Gasteiger charge is 2.15. The maximum absolute atomic E-state index is 13.2. The zero-order chi connectivity index (χ0) is 19.7. The third kappa shape index (κ3) is 3.54. The lowest BCUT2D eigenvalue weighted by atomic mass is 10.1. The molecule has 3 aromatic rings. The van der Waals surface area contributed by atoms with Crippen LogP contribution in [0.15, 0.2) is 53.6 Å². The number of aromatic nitrogens is 2. The van der Waals surface area contributed by atoms with Crippen LogP contribution in [-0.2, 0) is 11.3 Å². The number of hydrogen-bond acceptors (Lipinski definition) is 5. The van der Waals surface area contributed by atoms with Crippen LogP contribution < -0.4 is 20.3 Å². The van der Waals surface area contributed by atoms with Gasteiger partial charge in [0.15, 0.2) is 23.1 Å². The Hall–Kier alpha value is -3.75. The maximum Gasteiger partial charge on any atom is 0.254 e. The van der Waals surface area contributed by atoms with Gasteiger partial charge in [0.2, 0.25) is 12.7 Å². The topological polar surface area (TPSA) is 82.5 Å². The van der Waals surface area contributed by atoms with Crippen molar-refractivity contribution >= 4 is 11.6 Å². The van der Waals surface area contributed by atoms with Crippen LogP contribution in [0.2, 0.25) is 0 Å². The van der Waals surface area contributed by atoms with Gasteiger partial charge in [-0.05, 0) is 30.3 Å². The number of amides is 1. The molecule has 1 aliphatic heterocycles. The van der Waals surface area contributed by atoms with Crippen LogP contribution in [0.25, 0.3) is 11.3 Å². The van der Waals surface area contributed by atoms with Crippen LogP contribution in [0.5, 0.6) is 11.5 Å². The zero-order valence-electron chi connectivity index (χ0n) is 14.3. The van der Waals surface area contributed by atoms with Crippen molar-refractivity contribution in [2.75, 3.05) is 12.1 Å². The van der Waals surface area contributed by atoms with E-state index >= 15 is 0 Å². The van der Waals surface area contributed by atoms with Gasteiger partial charge in [-0.25, -0.2) is 13.8 Å². The highest BCUT2D eigenvalue weighted by molar-refractivity contribution is 5.90. The molecule has 7 nitrogen and oxygen atoms in total. The second-order valence-corrected chi connectivity index (χ2v) is 5.99. The molecule has 28 heavy (non-hydrogen) atoms. The normalized spacial score (nSPS) is 12.1. The summed E-state index contributed by atoms with van der Waals surface area (Å²) in [5, 5.41) is 2.40. The lowest BCUT2D eigenvalue weighted by Crippen LogP contribution is -2.27. The first-order chi connectivity index (χ1) is 13.5. The lowest BCUT2D eigenvalue weighted by molar-refractivity contribution is -0.116. The van der Waals surface area contributed by atoms with Crippen molar-refractivity contribution in [2.45, 2.75) is 6.54 Å². The van der Waals surface area contributed by atoms with Gasteiger partial charge >= 0.3 is 0 Å². The van der Waals surface area contributed by atoms with Crippen LogP contribution in [0.4, 0.5) is 14.5 Å². The minimum Gasteiger partial charge on any atom is -0.454 e. The SMILES string of the molecule is O=C(Cn1cnc(-c2ccc3c(c2)OCO3)cc1=O)Nc1ccc(F)c(F)c1. The minimum absolute atomic E-state index is 0.0851. The molecule has 0 aliphatic carbocycles. The van der Waals surface area contributed by atoms with Gasteiger partial charge in [0, 0.05) is 23.4 Å². The Labute approximate surface area is 157 Å². The third-order valence-corrected chi connectivity index (χ3v) is 4.07. The molecule has 1 aromatic heterocycles. The van der Waals surface area contributed by atoms with Gasteiger partial charge in [0.05, 0.1) is 12.0 Å². The van der Waals surface area contributed by atoms with Gasteiger partial charge in [0.25, 0.3) is 5.56 Å². The Morgan fingerprint density at radius 1 is 1.07 bits per heavy atom. The standard InChI is InChI=1S/C19H13F2N3O4/c20-13-3-2-12(6-14(13)21)23-18(25)8-24-9-22-15(7-19(24)26)11-1-4-16-17(5-11)28-10-27-16/h1-7,9H,8,10H2,(H,23,25). The Morgan fingerprint density at radius 3 is 2.68 bits per heavy atom. The predicted octanol–water partition coefficient (Wildman–Crippen LogP) is 2.56. The van der Waals surface area contributed by atoms with Crippen LogP contribution in [-0.4, -0.2) is 22.3 Å². The van der Waals surface area contributed by atoms with Crippen LogP contribution >= 0.6 is 0 Å². The number of nitrogens with one attached hydrogen (secondary N) is 1. The first-order valence-corrected chi connectivity index (χ1v) is 8.21. The molecule has 0 saturated heterocycles. The average Bonchev–Trinajstić information content (AvgIpc) is 3.14. The summed E-state index contributed by atoms with van der Waals surface area (Å²) in [6.45, 7) is -0.187. The fourth-order valence-electron chi connectivity index (χ4n) is 2.69. The van der Waals surface area contributed by atoms with Crippen molar-refractivity contribution in [1.82, 2.24) is 9.55 Å². The summed E-state index contributed by atoms with van der Waals surface area (Å²) in [5.41, 5.74) is 0.727. The predicted molar refractivity (Wildman–Crippen MR) is 95.0 cm³/mol. The molecule has 0 saturated carbocycles. The Balaban J connectivity index is 1.49. The number of rotatable bonds is 4. The molecule has 0 bridgehead atoms. The molecular weight excluding hydrogens is 372 g/mol.